The minimum Gasteiger partial charge on any atom is -0.385 e. The Bertz CT molecular complexity index is 297. The third-order valence-corrected chi connectivity index (χ3v) is 3.36. The van der Waals surface area contributed by atoms with E-state index in [4.69, 9.17) is 0 Å². The first-order chi connectivity index (χ1) is 6.27. The maximum atomic E-state index is 11.0. The summed E-state index contributed by atoms with van der Waals surface area (Å²) in [6.45, 7) is 0. The first kappa shape index (κ1) is 8.84. The number of aliphatic hydroxyl groups is 1. The number of Topliss-reactive ketones (excluding diaryl/α,β-unsaturated/α-hetero) is 1. The predicted octanol–water partition coefficient (Wildman–Crippen LogP) is 1.34. The van der Waals surface area contributed by atoms with E-state index in [2.05, 4.69) is 4.98 Å². The van der Waals surface area contributed by atoms with E-state index in [-0.39, 0.29) is 11.7 Å². The topological polar surface area (TPSA) is 50.2 Å². The highest BCUT2D eigenvalue weighted by molar-refractivity contribution is 7.09. The molecule has 2 atom stereocenters. The van der Waals surface area contributed by atoms with E-state index < -0.39 is 6.10 Å². The van der Waals surface area contributed by atoms with Gasteiger partial charge in [-0.3, -0.25) is 4.79 Å². The minimum atomic E-state index is -0.761. The van der Waals surface area contributed by atoms with Crippen LogP contribution in [0.25, 0.3) is 0 Å². The number of aromatic nitrogens is 1. The van der Waals surface area contributed by atoms with Crippen molar-refractivity contribution in [3.8, 4) is 0 Å². The van der Waals surface area contributed by atoms with Crippen molar-refractivity contribution < 1.29 is 9.90 Å². The molecule has 1 saturated carbocycles. The quantitative estimate of drug-likeness (QED) is 0.739. The van der Waals surface area contributed by atoms with Gasteiger partial charge in [0.1, 0.15) is 6.10 Å². The molecule has 1 aliphatic rings. The molecule has 70 valence electrons. The summed E-state index contributed by atoms with van der Waals surface area (Å²) in [5.41, 5.74) is 0. The van der Waals surface area contributed by atoms with Crippen molar-refractivity contribution in [1.29, 1.82) is 0 Å². The first-order valence-corrected chi connectivity index (χ1v) is 5.25. The van der Waals surface area contributed by atoms with Gasteiger partial charge in [-0.1, -0.05) is 0 Å². The zero-order valence-electron chi connectivity index (χ0n) is 7.14. The van der Waals surface area contributed by atoms with E-state index in [0.717, 1.165) is 11.4 Å². The Morgan fingerprint density at radius 1 is 1.62 bits per heavy atom. The lowest BCUT2D eigenvalue weighted by molar-refractivity contribution is -0.129. The van der Waals surface area contributed by atoms with Crippen molar-refractivity contribution in [3.63, 3.8) is 0 Å². The van der Waals surface area contributed by atoms with Crippen LogP contribution in [0.3, 0.4) is 0 Å². The zero-order chi connectivity index (χ0) is 9.26. The molecule has 0 amide bonds. The molecule has 1 N–H and O–H groups in total. The number of ketones is 1. The Kier molecular flexibility index (Phi) is 2.42. The van der Waals surface area contributed by atoms with Gasteiger partial charge >= 0.3 is 0 Å². The smallest absolute Gasteiger partial charge is 0.161 e. The molecular formula is C9H11NO2S. The fourth-order valence-electron chi connectivity index (χ4n) is 1.66. The number of thiazole rings is 1. The normalized spacial score (nSPS) is 29.2. The molecule has 0 aromatic carbocycles. The standard InChI is InChI=1S/C9H11NO2S/c11-7-2-1-6(5-8(7)12)9-10-3-4-13-9/h3-4,6,8,12H,1-2,5H2. The molecule has 0 saturated heterocycles. The van der Waals surface area contributed by atoms with E-state index in [1.165, 1.54) is 0 Å². The lowest BCUT2D eigenvalue weighted by Crippen LogP contribution is -2.28. The maximum absolute atomic E-state index is 11.0. The number of hydrogen-bond acceptors (Lipinski definition) is 4. The summed E-state index contributed by atoms with van der Waals surface area (Å²) in [4.78, 5) is 15.2. The summed E-state index contributed by atoms with van der Waals surface area (Å²) in [6.07, 6.45) is 2.88. The lowest BCUT2D eigenvalue weighted by Gasteiger charge is -2.22. The average Bonchev–Trinajstić information content (AvgIpc) is 2.62. The molecule has 1 fully saturated rings. The fourth-order valence-corrected chi connectivity index (χ4v) is 2.45. The largest absolute Gasteiger partial charge is 0.385 e. The van der Waals surface area contributed by atoms with Gasteiger partial charge in [-0.15, -0.1) is 11.3 Å². The van der Waals surface area contributed by atoms with Crippen molar-refractivity contribution in [1.82, 2.24) is 4.98 Å². The third-order valence-electron chi connectivity index (χ3n) is 2.42. The number of nitrogens with zero attached hydrogens (tertiary/aromatic N) is 1. The van der Waals surface area contributed by atoms with E-state index in [0.29, 0.717) is 12.8 Å². The SMILES string of the molecule is O=C1CCC(c2nccs2)CC1O. The Morgan fingerprint density at radius 3 is 3.08 bits per heavy atom. The summed E-state index contributed by atoms with van der Waals surface area (Å²) in [7, 11) is 0. The van der Waals surface area contributed by atoms with Crippen LogP contribution in [0.5, 0.6) is 0 Å². The van der Waals surface area contributed by atoms with Gasteiger partial charge < -0.3 is 5.11 Å². The van der Waals surface area contributed by atoms with Crippen molar-refractivity contribution in [2.75, 3.05) is 0 Å². The van der Waals surface area contributed by atoms with E-state index in [1.54, 1.807) is 17.5 Å². The van der Waals surface area contributed by atoms with Crippen LogP contribution in [0.2, 0.25) is 0 Å². The second kappa shape index (κ2) is 3.55. The molecule has 3 nitrogen and oxygen atoms in total. The monoisotopic (exact) mass is 197 g/mol. The molecule has 0 aliphatic heterocycles. The van der Waals surface area contributed by atoms with Gasteiger partial charge in [0, 0.05) is 23.9 Å². The van der Waals surface area contributed by atoms with Crippen LogP contribution in [-0.4, -0.2) is 22.0 Å². The van der Waals surface area contributed by atoms with Crippen molar-refractivity contribution in [2.24, 2.45) is 0 Å². The summed E-state index contributed by atoms with van der Waals surface area (Å²) in [6, 6.07) is 0. The Balaban J connectivity index is 2.07. The summed E-state index contributed by atoms with van der Waals surface area (Å²) >= 11 is 1.60. The van der Waals surface area contributed by atoms with Crippen molar-refractivity contribution in [3.05, 3.63) is 16.6 Å². The average molecular weight is 197 g/mol. The molecule has 0 radical (unpaired) electrons. The molecular weight excluding hydrogens is 186 g/mol. The molecule has 1 aliphatic carbocycles. The summed E-state index contributed by atoms with van der Waals surface area (Å²) < 4.78 is 0. The molecule has 1 heterocycles. The molecule has 1 aromatic rings. The van der Waals surface area contributed by atoms with Crippen LogP contribution < -0.4 is 0 Å². The number of carbonyl (C=O) groups excluding carboxylic acids is 1. The van der Waals surface area contributed by atoms with E-state index in [9.17, 15) is 9.90 Å². The molecule has 0 spiro atoms. The Hall–Kier alpha value is -0.740. The predicted molar refractivity (Wildman–Crippen MR) is 49.7 cm³/mol. The molecule has 2 unspecified atom stereocenters. The second-order valence-corrected chi connectivity index (χ2v) is 4.25. The van der Waals surface area contributed by atoms with Gasteiger partial charge in [0.15, 0.2) is 5.78 Å². The fraction of sp³-hybridized carbons (Fsp3) is 0.556. The van der Waals surface area contributed by atoms with Gasteiger partial charge in [0.25, 0.3) is 0 Å². The zero-order valence-corrected chi connectivity index (χ0v) is 7.96. The Labute approximate surface area is 80.4 Å². The number of rotatable bonds is 1. The van der Waals surface area contributed by atoms with E-state index >= 15 is 0 Å². The third kappa shape index (κ3) is 1.78. The molecule has 2 rings (SSSR count). The molecule has 4 heteroatoms. The summed E-state index contributed by atoms with van der Waals surface area (Å²) in [5, 5.41) is 12.4. The van der Waals surface area contributed by atoms with Crippen LogP contribution in [0.4, 0.5) is 0 Å². The highest BCUT2D eigenvalue weighted by atomic mass is 32.1. The van der Waals surface area contributed by atoms with E-state index in [1.807, 2.05) is 5.38 Å². The van der Waals surface area contributed by atoms with Crippen LogP contribution in [-0.2, 0) is 4.79 Å². The molecule has 1 aromatic heterocycles. The highest BCUT2D eigenvalue weighted by Crippen LogP contribution is 2.32. The van der Waals surface area contributed by atoms with Gasteiger partial charge in [0.05, 0.1) is 5.01 Å². The maximum Gasteiger partial charge on any atom is 0.161 e. The molecule has 0 bridgehead atoms. The van der Waals surface area contributed by atoms with Gasteiger partial charge in [0.2, 0.25) is 0 Å². The van der Waals surface area contributed by atoms with Crippen LogP contribution in [0.1, 0.15) is 30.2 Å². The van der Waals surface area contributed by atoms with Crippen molar-refractivity contribution >= 4 is 17.1 Å². The lowest BCUT2D eigenvalue weighted by atomic mass is 9.87. The number of hydrogen-bond donors (Lipinski definition) is 1. The van der Waals surface area contributed by atoms with Gasteiger partial charge in [-0.2, -0.15) is 0 Å². The van der Waals surface area contributed by atoms with Crippen LogP contribution in [0.15, 0.2) is 11.6 Å². The van der Waals surface area contributed by atoms with Crippen LogP contribution in [0, 0.1) is 0 Å². The van der Waals surface area contributed by atoms with Crippen LogP contribution >= 0.6 is 11.3 Å². The summed E-state index contributed by atoms with van der Waals surface area (Å²) in [5.74, 6) is 0.264. The molecule has 13 heavy (non-hydrogen) atoms. The first-order valence-electron chi connectivity index (χ1n) is 4.37. The second-order valence-electron chi connectivity index (χ2n) is 3.32. The van der Waals surface area contributed by atoms with Gasteiger partial charge in [-0.25, -0.2) is 4.98 Å². The minimum absolute atomic E-state index is 0.0205. The Morgan fingerprint density at radius 2 is 2.46 bits per heavy atom. The number of carbonyl (C=O) groups is 1. The highest BCUT2D eigenvalue weighted by Gasteiger charge is 2.28. The van der Waals surface area contributed by atoms with Crippen molar-refractivity contribution in [2.45, 2.75) is 31.3 Å². The van der Waals surface area contributed by atoms with Gasteiger partial charge in [-0.05, 0) is 12.8 Å². The number of aliphatic hydroxyl groups excluding tert-OH is 1.